The van der Waals surface area contributed by atoms with Crippen LogP contribution in [-0.2, 0) is 4.79 Å². The predicted molar refractivity (Wildman–Crippen MR) is 105 cm³/mol. The maximum Gasteiger partial charge on any atom is 0.226 e. The molecule has 27 heavy (non-hydrogen) atoms. The standard InChI is InChI=1S/C22H26N2O3/c1-18-7-9-19(10-8-18)21(25)17-23-12-14-24(15-13-23)22(26)11-16-27-20-5-3-2-4-6-20/h2-10H,11-17H2,1H3. The lowest BCUT2D eigenvalue weighted by molar-refractivity contribution is -0.133. The van der Waals surface area contributed by atoms with Crippen molar-refractivity contribution in [1.82, 2.24) is 9.80 Å². The molecule has 2 aromatic rings. The highest BCUT2D eigenvalue weighted by atomic mass is 16.5. The number of benzene rings is 2. The number of para-hydroxylation sites is 1. The number of nitrogens with zero attached hydrogens (tertiary/aromatic N) is 2. The molecule has 0 N–H and O–H groups in total. The van der Waals surface area contributed by atoms with Gasteiger partial charge in [0.2, 0.25) is 5.91 Å². The van der Waals surface area contributed by atoms with E-state index < -0.39 is 0 Å². The number of carbonyl (C=O) groups is 2. The summed E-state index contributed by atoms with van der Waals surface area (Å²) < 4.78 is 5.60. The predicted octanol–water partition coefficient (Wildman–Crippen LogP) is 2.79. The minimum atomic E-state index is 0.107. The molecule has 0 saturated carbocycles. The highest BCUT2D eigenvalue weighted by Gasteiger charge is 2.22. The maximum atomic E-state index is 12.4. The Morgan fingerprint density at radius 3 is 2.26 bits per heavy atom. The van der Waals surface area contributed by atoms with Crippen LogP contribution in [0.3, 0.4) is 0 Å². The number of piperazine rings is 1. The molecule has 0 unspecified atom stereocenters. The highest BCUT2D eigenvalue weighted by Crippen LogP contribution is 2.11. The third kappa shape index (κ3) is 5.66. The number of Topliss-reactive ketones (excluding diaryl/α,β-unsaturated/α-hetero) is 1. The Kier molecular flexibility index (Phi) is 6.60. The van der Waals surface area contributed by atoms with Gasteiger partial charge in [0.15, 0.2) is 5.78 Å². The fourth-order valence-corrected chi connectivity index (χ4v) is 3.12. The zero-order chi connectivity index (χ0) is 19.1. The van der Waals surface area contributed by atoms with Crippen LogP contribution >= 0.6 is 0 Å². The summed E-state index contributed by atoms with van der Waals surface area (Å²) in [6, 6.07) is 17.2. The average Bonchev–Trinajstić information content (AvgIpc) is 2.70. The molecule has 5 heteroatoms. The highest BCUT2D eigenvalue weighted by molar-refractivity contribution is 5.97. The molecule has 2 aromatic carbocycles. The van der Waals surface area contributed by atoms with Crippen LogP contribution in [0.1, 0.15) is 22.3 Å². The summed E-state index contributed by atoms with van der Waals surface area (Å²) >= 11 is 0. The monoisotopic (exact) mass is 366 g/mol. The van der Waals surface area contributed by atoms with Crippen LogP contribution in [0.15, 0.2) is 54.6 Å². The van der Waals surface area contributed by atoms with Gasteiger partial charge in [-0.2, -0.15) is 0 Å². The Hall–Kier alpha value is -2.66. The van der Waals surface area contributed by atoms with E-state index in [0.29, 0.717) is 32.7 Å². The van der Waals surface area contributed by atoms with Crippen molar-refractivity contribution in [1.29, 1.82) is 0 Å². The summed E-state index contributed by atoms with van der Waals surface area (Å²) in [6.07, 6.45) is 0.372. The fraction of sp³-hybridized carbons (Fsp3) is 0.364. The topological polar surface area (TPSA) is 49.9 Å². The molecule has 0 radical (unpaired) electrons. The summed E-state index contributed by atoms with van der Waals surface area (Å²) in [6.45, 7) is 5.56. The third-order valence-electron chi connectivity index (χ3n) is 4.79. The molecule has 1 aliphatic heterocycles. The van der Waals surface area contributed by atoms with Gasteiger partial charge >= 0.3 is 0 Å². The van der Waals surface area contributed by atoms with Crippen LogP contribution < -0.4 is 4.74 Å². The molecule has 142 valence electrons. The number of rotatable bonds is 7. The van der Waals surface area contributed by atoms with Gasteiger partial charge in [0.25, 0.3) is 0 Å². The largest absolute Gasteiger partial charge is 0.493 e. The van der Waals surface area contributed by atoms with Crippen molar-refractivity contribution >= 4 is 11.7 Å². The van der Waals surface area contributed by atoms with Crippen molar-refractivity contribution in [2.24, 2.45) is 0 Å². The van der Waals surface area contributed by atoms with Gasteiger partial charge in [-0.05, 0) is 19.1 Å². The van der Waals surface area contributed by atoms with Gasteiger partial charge in [-0.25, -0.2) is 0 Å². The van der Waals surface area contributed by atoms with Gasteiger partial charge in [-0.1, -0.05) is 48.0 Å². The van der Waals surface area contributed by atoms with Gasteiger partial charge < -0.3 is 9.64 Å². The smallest absolute Gasteiger partial charge is 0.226 e. The molecular formula is C22H26N2O3. The van der Waals surface area contributed by atoms with Crippen LogP contribution in [0.2, 0.25) is 0 Å². The summed E-state index contributed by atoms with van der Waals surface area (Å²) in [5.41, 5.74) is 1.90. The SMILES string of the molecule is Cc1ccc(C(=O)CN2CCN(C(=O)CCOc3ccccc3)CC2)cc1. The molecule has 1 amide bonds. The van der Waals surface area contributed by atoms with Crippen molar-refractivity contribution in [2.45, 2.75) is 13.3 Å². The van der Waals surface area contributed by atoms with E-state index in [1.165, 1.54) is 0 Å². The average molecular weight is 366 g/mol. The molecule has 3 rings (SSSR count). The van der Waals surface area contributed by atoms with E-state index >= 15 is 0 Å². The Morgan fingerprint density at radius 2 is 1.59 bits per heavy atom. The first-order valence-electron chi connectivity index (χ1n) is 9.39. The lowest BCUT2D eigenvalue weighted by atomic mass is 10.1. The summed E-state index contributed by atoms with van der Waals surface area (Å²) in [5, 5.41) is 0. The molecule has 5 nitrogen and oxygen atoms in total. The first-order chi connectivity index (χ1) is 13.1. The number of amides is 1. The molecule has 0 bridgehead atoms. The van der Waals surface area contributed by atoms with Crippen molar-refractivity contribution in [2.75, 3.05) is 39.3 Å². The van der Waals surface area contributed by atoms with Crippen LogP contribution in [-0.4, -0.2) is 60.8 Å². The van der Waals surface area contributed by atoms with E-state index in [-0.39, 0.29) is 11.7 Å². The molecule has 0 aromatic heterocycles. The van der Waals surface area contributed by atoms with E-state index in [1.807, 2.05) is 66.4 Å². The van der Waals surface area contributed by atoms with Crippen molar-refractivity contribution < 1.29 is 14.3 Å². The third-order valence-corrected chi connectivity index (χ3v) is 4.79. The minimum absolute atomic E-state index is 0.107. The van der Waals surface area contributed by atoms with Gasteiger partial charge in [0.05, 0.1) is 19.6 Å². The molecule has 1 fully saturated rings. The Morgan fingerprint density at radius 1 is 0.926 bits per heavy atom. The summed E-state index contributed by atoms with van der Waals surface area (Å²) in [7, 11) is 0. The Labute approximate surface area is 160 Å². The second kappa shape index (κ2) is 9.33. The fourth-order valence-electron chi connectivity index (χ4n) is 3.12. The molecule has 0 spiro atoms. The van der Waals surface area contributed by atoms with Crippen LogP contribution in [0.25, 0.3) is 0 Å². The molecule has 1 heterocycles. The van der Waals surface area contributed by atoms with Gasteiger partial charge in [-0.3, -0.25) is 14.5 Å². The molecule has 0 atom stereocenters. The summed E-state index contributed by atoms with van der Waals surface area (Å²) in [4.78, 5) is 28.7. The normalized spacial score (nSPS) is 14.8. The minimum Gasteiger partial charge on any atom is -0.493 e. The van der Waals surface area contributed by atoms with E-state index in [4.69, 9.17) is 4.74 Å². The lowest BCUT2D eigenvalue weighted by Crippen LogP contribution is -2.50. The number of carbonyl (C=O) groups excluding carboxylic acids is 2. The number of hydrogen-bond acceptors (Lipinski definition) is 4. The van der Waals surface area contributed by atoms with Gasteiger partial charge in [-0.15, -0.1) is 0 Å². The first kappa shape index (κ1) is 19.1. The zero-order valence-corrected chi connectivity index (χ0v) is 15.8. The van der Waals surface area contributed by atoms with Gasteiger partial charge in [0.1, 0.15) is 5.75 Å². The molecule has 1 aliphatic rings. The second-order valence-corrected chi connectivity index (χ2v) is 6.86. The zero-order valence-electron chi connectivity index (χ0n) is 15.8. The van der Waals surface area contributed by atoms with E-state index in [0.717, 1.165) is 30.0 Å². The molecular weight excluding hydrogens is 340 g/mol. The van der Waals surface area contributed by atoms with Crippen LogP contribution in [0.5, 0.6) is 5.75 Å². The quantitative estimate of drug-likeness (QED) is 0.707. The number of hydrogen-bond donors (Lipinski definition) is 0. The van der Waals surface area contributed by atoms with Gasteiger partial charge in [0, 0.05) is 31.7 Å². The van der Waals surface area contributed by atoms with Crippen LogP contribution in [0.4, 0.5) is 0 Å². The molecule has 0 aliphatic carbocycles. The number of ketones is 1. The maximum absolute atomic E-state index is 12.4. The second-order valence-electron chi connectivity index (χ2n) is 6.86. The van der Waals surface area contributed by atoms with E-state index in [9.17, 15) is 9.59 Å². The van der Waals surface area contributed by atoms with Crippen molar-refractivity contribution in [3.63, 3.8) is 0 Å². The lowest BCUT2D eigenvalue weighted by Gasteiger charge is -2.34. The first-order valence-corrected chi connectivity index (χ1v) is 9.39. The summed E-state index contributed by atoms with van der Waals surface area (Å²) in [5.74, 6) is 1.02. The van der Waals surface area contributed by atoms with E-state index in [2.05, 4.69) is 4.90 Å². The Balaban J connectivity index is 1.38. The van der Waals surface area contributed by atoms with E-state index in [1.54, 1.807) is 0 Å². The van der Waals surface area contributed by atoms with Crippen molar-refractivity contribution in [3.8, 4) is 5.75 Å². The number of aryl methyl sites for hydroxylation is 1. The van der Waals surface area contributed by atoms with Crippen LogP contribution in [0, 0.1) is 6.92 Å². The molecule has 1 saturated heterocycles. The Bertz CT molecular complexity index is 751. The van der Waals surface area contributed by atoms with Crippen molar-refractivity contribution in [3.05, 3.63) is 65.7 Å². The number of ether oxygens (including phenoxy) is 1.